The summed E-state index contributed by atoms with van der Waals surface area (Å²) in [6.07, 6.45) is 2.25. The number of aromatic nitrogens is 4. The standard InChI is InChI=1S/C10H13ClN4O3.C6H12O2.C5H3Cl2N3O.ClH/c11-10-13-7(9(12)17)3-8(14-10)15-1-2-18-5-6(15)4-16;7-4-6-2-1-3-8-5-6;6-3-1-2(4(8)11)9-5(7)10-3;/h3,6,16H,1-2,4-5H2,(H2,12,17);6-7H,1-5H2;1H,(H2,8,11);1H. The molecule has 2 atom stereocenters. The highest BCUT2D eigenvalue weighted by Gasteiger charge is 2.25. The molecular weight excluding hydrogens is 588 g/mol. The third-order valence-corrected chi connectivity index (χ3v) is 5.63. The van der Waals surface area contributed by atoms with Crippen LogP contribution in [-0.2, 0) is 9.47 Å². The summed E-state index contributed by atoms with van der Waals surface area (Å²) < 4.78 is 10.4. The third-order valence-electron chi connectivity index (χ3n) is 5.10. The molecule has 0 radical (unpaired) electrons. The van der Waals surface area contributed by atoms with Crippen molar-refractivity contribution in [1.82, 2.24) is 19.9 Å². The van der Waals surface area contributed by atoms with Gasteiger partial charge >= 0.3 is 0 Å². The number of hydrogen-bond acceptors (Lipinski definition) is 11. The molecule has 2 aromatic rings. The molecule has 0 bridgehead atoms. The number of aliphatic hydroxyl groups excluding tert-OH is 2. The molecule has 4 rings (SSSR count). The van der Waals surface area contributed by atoms with Gasteiger partial charge in [0, 0.05) is 37.8 Å². The number of carbonyl (C=O) groups is 2. The van der Waals surface area contributed by atoms with Gasteiger partial charge in [-0.05, 0) is 36.0 Å². The number of halogens is 4. The molecule has 2 aromatic heterocycles. The van der Waals surface area contributed by atoms with E-state index in [1.807, 2.05) is 4.90 Å². The minimum absolute atomic E-state index is 0. The first-order valence-corrected chi connectivity index (χ1v) is 12.3. The Morgan fingerprint density at radius 3 is 2.03 bits per heavy atom. The van der Waals surface area contributed by atoms with Gasteiger partial charge < -0.3 is 36.1 Å². The highest BCUT2D eigenvalue weighted by molar-refractivity contribution is 6.32. The van der Waals surface area contributed by atoms with Crippen molar-refractivity contribution in [2.75, 3.05) is 51.1 Å². The van der Waals surface area contributed by atoms with E-state index in [9.17, 15) is 14.7 Å². The Morgan fingerprint density at radius 1 is 0.921 bits per heavy atom. The van der Waals surface area contributed by atoms with Crippen LogP contribution in [0.25, 0.3) is 0 Å². The van der Waals surface area contributed by atoms with Crippen molar-refractivity contribution in [2.24, 2.45) is 17.4 Å². The summed E-state index contributed by atoms with van der Waals surface area (Å²) in [7, 11) is 0. The SMILES string of the molecule is Cl.NC(=O)c1cc(Cl)nc(Cl)n1.NC(=O)c1cc(N2CCOCC2CO)nc(Cl)n1.OCC1CCCOC1. The summed E-state index contributed by atoms with van der Waals surface area (Å²) in [5.41, 5.74) is 10.1. The van der Waals surface area contributed by atoms with E-state index < -0.39 is 11.8 Å². The largest absolute Gasteiger partial charge is 0.396 e. The first kappa shape index (κ1) is 33.9. The molecule has 2 aliphatic heterocycles. The number of primary amides is 2. The van der Waals surface area contributed by atoms with E-state index in [2.05, 4.69) is 19.9 Å². The first-order valence-electron chi connectivity index (χ1n) is 11.1. The van der Waals surface area contributed by atoms with Crippen LogP contribution in [0.15, 0.2) is 12.1 Å². The number of anilines is 1. The minimum Gasteiger partial charge on any atom is -0.396 e. The van der Waals surface area contributed by atoms with E-state index >= 15 is 0 Å². The molecule has 0 aliphatic carbocycles. The summed E-state index contributed by atoms with van der Waals surface area (Å²) in [5, 5.41) is 17.8. The van der Waals surface area contributed by atoms with Crippen LogP contribution in [0.1, 0.15) is 33.8 Å². The number of carbonyl (C=O) groups excluding carboxylic acids is 2. The number of ether oxygens (including phenoxy) is 2. The number of nitrogens with zero attached hydrogens (tertiary/aromatic N) is 5. The zero-order chi connectivity index (χ0) is 27.4. The van der Waals surface area contributed by atoms with Gasteiger partial charge in [0.2, 0.25) is 10.6 Å². The second-order valence-corrected chi connectivity index (χ2v) is 8.89. The van der Waals surface area contributed by atoms with E-state index in [-0.39, 0.29) is 52.2 Å². The maximum Gasteiger partial charge on any atom is 0.267 e. The van der Waals surface area contributed by atoms with Gasteiger partial charge in [-0.2, -0.15) is 0 Å². The normalized spacial score (nSPS) is 18.6. The highest BCUT2D eigenvalue weighted by atomic mass is 35.5. The van der Waals surface area contributed by atoms with Gasteiger partial charge in [0.15, 0.2) is 0 Å². The van der Waals surface area contributed by atoms with E-state index in [1.54, 1.807) is 0 Å². The average molecular weight is 617 g/mol. The molecule has 17 heteroatoms. The van der Waals surface area contributed by atoms with Crippen LogP contribution in [-0.4, -0.2) is 94.2 Å². The molecule has 2 amide bonds. The molecule has 0 aromatic carbocycles. The average Bonchev–Trinajstić information content (AvgIpc) is 2.89. The van der Waals surface area contributed by atoms with Crippen LogP contribution >= 0.6 is 47.2 Å². The maximum atomic E-state index is 11.1. The lowest BCUT2D eigenvalue weighted by Gasteiger charge is -2.35. The molecular formula is C21H29Cl4N7O6. The van der Waals surface area contributed by atoms with Crippen LogP contribution in [0.5, 0.6) is 0 Å². The van der Waals surface area contributed by atoms with Gasteiger partial charge in [0.05, 0.1) is 32.5 Å². The molecule has 0 saturated carbocycles. The van der Waals surface area contributed by atoms with E-state index in [4.69, 9.17) is 60.9 Å². The predicted molar refractivity (Wildman–Crippen MR) is 143 cm³/mol. The van der Waals surface area contributed by atoms with Gasteiger partial charge in [0.1, 0.15) is 22.4 Å². The lowest BCUT2D eigenvalue weighted by atomic mass is 10.0. The summed E-state index contributed by atoms with van der Waals surface area (Å²) in [4.78, 5) is 38.3. The summed E-state index contributed by atoms with van der Waals surface area (Å²) in [6.45, 7) is 3.32. The zero-order valence-corrected chi connectivity index (χ0v) is 23.2. The Balaban J connectivity index is 0.000000309. The molecule has 13 nitrogen and oxygen atoms in total. The molecule has 2 fully saturated rings. The molecule has 2 saturated heterocycles. The highest BCUT2D eigenvalue weighted by Crippen LogP contribution is 2.20. The number of nitrogens with two attached hydrogens (primary N) is 2. The minimum atomic E-state index is -0.684. The van der Waals surface area contributed by atoms with Gasteiger partial charge in [-0.25, -0.2) is 19.9 Å². The second-order valence-electron chi connectivity index (χ2n) is 7.82. The molecule has 2 aliphatic rings. The van der Waals surface area contributed by atoms with Crippen molar-refractivity contribution in [2.45, 2.75) is 18.9 Å². The number of aliphatic hydroxyl groups is 2. The third kappa shape index (κ3) is 11.3. The summed E-state index contributed by atoms with van der Waals surface area (Å²) >= 11 is 16.6. The fourth-order valence-electron chi connectivity index (χ4n) is 3.25. The predicted octanol–water partition coefficient (Wildman–Crippen LogP) is 1.14. The number of rotatable bonds is 5. The van der Waals surface area contributed by atoms with E-state index in [1.165, 1.54) is 12.1 Å². The first-order chi connectivity index (χ1) is 17.6. The van der Waals surface area contributed by atoms with Crippen molar-refractivity contribution in [3.8, 4) is 0 Å². The second kappa shape index (κ2) is 17.5. The Morgan fingerprint density at radius 2 is 1.53 bits per heavy atom. The maximum absolute atomic E-state index is 11.1. The van der Waals surface area contributed by atoms with Gasteiger partial charge in [-0.1, -0.05) is 11.6 Å². The van der Waals surface area contributed by atoms with Gasteiger partial charge in [0.25, 0.3) is 11.8 Å². The monoisotopic (exact) mass is 615 g/mol. The fraction of sp³-hybridized carbons (Fsp3) is 0.524. The molecule has 0 spiro atoms. The van der Waals surface area contributed by atoms with Gasteiger partial charge in [-0.3, -0.25) is 9.59 Å². The summed E-state index contributed by atoms with van der Waals surface area (Å²) in [6, 6.07) is 2.49. The smallest absolute Gasteiger partial charge is 0.267 e. The topological polar surface area (TPSA) is 200 Å². The van der Waals surface area contributed by atoms with Crippen molar-refractivity contribution in [1.29, 1.82) is 0 Å². The van der Waals surface area contributed by atoms with E-state index in [0.29, 0.717) is 38.1 Å². The van der Waals surface area contributed by atoms with Crippen LogP contribution in [0.4, 0.5) is 5.82 Å². The van der Waals surface area contributed by atoms with E-state index in [0.717, 1.165) is 26.1 Å². The summed E-state index contributed by atoms with van der Waals surface area (Å²) in [5.74, 6) is -0.472. The van der Waals surface area contributed by atoms with Crippen LogP contribution < -0.4 is 16.4 Å². The number of morpholine rings is 1. The van der Waals surface area contributed by atoms with Crippen LogP contribution in [0.3, 0.4) is 0 Å². The van der Waals surface area contributed by atoms with Crippen molar-refractivity contribution >= 4 is 64.8 Å². The Labute approximate surface area is 240 Å². The van der Waals surface area contributed by atoms with Crippen LogP contribution in [0, 0.1) is 5.92 Å². The number of hydrogen-bond donors (Lipinski definition) is 4. The Hall–Kier alpha value is -2.10. The molecule has 6 N–H and O–H groups in total. The Bertz CT molecular complexity index is 1030. The lowest BCUT2D eigenvalue weighted by Crippen LogP contribution is -2.48. The molecule has 2 unspecified atom stereocenters. The van der Waals surface area contributed by atoms with Crippen molar-refractivity contribution in [3.05, 3.63) is 39.2 Å². The van der Waals surface area contributed by atoms with Crippen LogP contribution in [0.2, 0.25) is 15.7 Å². The van der Waals surface area contributed by atoms with Crippen molar-refractivity contribution in [3.63, 3.8) is 0 Å². The number of amides is 2. The molecule has 4 heterocycles. The van der Waals surface area contributed by atoms with Gasteiger partial charge in [-0.15, -0.1) is 12.4 Å². The Kier molecular flexibility index (Phi) is 15.6. The molecule has 212 valence electrons. The molecule has 38 heavy (non-hydrogen) atoms. The lowest BCUT2D eigenvalue weighted by molar-refractivity contribution is 0.0304. The quantitative estimate of drug-likeness (QED) is 0.277. The zero-order valence-electron chi connectivity index (χ0n) is 20.1. The van der Waals surface area contributed by atoms with Crippen molar-refractivity contribution < 1.29 is 29.3 Å². The fourth-order valence-corrected chi connectivity index (χ4v) is 3.84.